The van der Waals surface area contributed by atoms with Crippen LogP contribution in [0.1, 0.15) is 69.2 Å². The van der Waals surface area contributed by atoms with E-state index in [2.05, 4.69) is 17.2 Å². The number of rotatable bonds is 4. The average Bonchev–Trinajstić information content (AvgIpc) is 2.74. The fourth-order valence-corrected chi connectivity index (χ4v) is 6.65. The van der Waals surface area contributed by atoms with E-state index in [4.69, 9.17) is 0 Å². The van der Waals surface area contributed by atoms with Crippen LogP contribution in [0.4, 0.5) is 0 Å². The Bertz CT molecular complexity index is 1140. The van der Waals surface area contributed by atoms with E-state index in [1.165, 1.54) is 18.2 Å². The number of piperidine rings is 1. The first-order valence-electron chi connectivity index (χ1n) is 11.3. The van der Waals surface area contributed by atoms with Crippen LogP contribution in [0.5, 0.6) is 0 Å². The molecule has 7 nitrogen and oxygen atoms in total. The summed E-state index contributed by atoms with van der Waals surface area (Å²) in [6.07, 6.45) is 6.93. The first kappa shape index (κ1) is 22.0. The van der Waals surface area contributed by atoms with Gasteiger partial charge in [0.1, 0.15) is 0 Å². The zero-order valence-corrected chi connectivity index (χ0v) is 19.0. The third kappa shape index (κ3) is 4.41. The van der Waals surface area contributed by atoms with Gasteiger partial charge in [-0.1, -0.05) is 26.2 Å². The van der Waals surface area contributed by atoms with E-state index in [-0.39, 0.29) is 34.0 Å². The summed E-state index contributed by atoms with van der Waals surface area (Å²) in [4.78, 5) is 28.2. The number of amides is 1. The van der Waals surface area contributed by atoms with Crippen LogP contribution >= 0.6 is 0 Å². The van der Waals surface area contributed by atoms with Crippen molar-refractivity contribution in [2.45, 2.75) is 75.8 Å². The number of H-pyrrole nitrogens is 1. The highest BCUT2D eigenvalue weighted by Gasteiger charge is 2.31. The second-order valence-electron chi connectivity index (χ2n) is 9.06. The molecule has 2 aliphatic rings. The van der Waals surface area contributed by atoms with E-state index in [0.717, 1.165) is 44.9 Å². The van der Waals surface area contributed by atoms with E-state index in [9.17, 15) is 18.0 Å². The zero-order valence-electron chi connectivity index (χ0n) is 18.2. The second kappa shape index (κ2) is 8.74. The third-order valence-electron chi connectivity index (χ3n) is 6.84. The maximum Gasteiger partial charge on any atom is 0.252 e. The van der Waals surface area contributed by atoms with Crippen LogP contribution in [0.3, 0.4) is 0 Å². The number of nitrogens with one attached hydrogen (secondary N) is 2. The number of benzene rings is 1. The van der Waals surface area contributed by atoms with E-state index in [0.29, 0.717) is 23.4 Å². The van der Waals surface area contributed by atoms with Crippen molar-refractivity contribution < 1.29 is 13.2 Å². The summed E-state index contributed by atoms with van der Waals surface area (Å²) in [7, 11) is -3.68. The monoisotopic (exact) mass is 445 g/mol. The number of sulfonamides is 1. The lowest BCUT2D eigenvalue weighted by atomic mass is 9.86. The minimum absolute atomic E-state index is 0.0550. The van der Waals surface area contributed by atoms with Crippen LogP contribution < -0.4 is 10.9 Å². The van der Waals surface area contributed by atoms with Gasteiger partial charge in [-0.25, -0.2) is 8.42 Å². The van der Waals surface area contributed by atoms with Crippen LogP contribution in [0.25, 0.3) is 10.9 Å². The van der Waals surface area contributed by atoms with Crippen molar-refractivity contribution in [3.8, 4) is 0 Å². The van der Waals surface area contributed by atoms with Gasteiger partial charge in [-0.15, -0.1) is 0 Å². The van der Waals surface area contributed by atoms with Crippen LogP contribution in [0.2, 0.25) is 0 Å². The summed E-state index contributed by atoms with van der Waals surface area (Å²) in [5.74, 6) is 0.0539. The quantitative estimate of drug-likeness (QED) is 0.753. The van der Waals surface area contributed by atoms with Crippen molar-refractivity contribution in [3.05, 3.63) is 40.2 Å². The smallest absolute Gasteiger partial charge is 0.252 e. The Balaban J connectivity index is 1.72. The summed E-state index contributed by atoms with van der Waals surface area (Å²) < 4.78 is 28.2. The molecule has 1 aliphatic carbocycles. The topological polar surface area (TPSA) is 99.3 Å². The Morgan fingerprint density at radius 1 is 1.06 bits per heavy atom. The minimum Gasteiger partial charge on any atom is -0.349 e. The van der Waals surface area contributed by atoms with Crippen molar-refractivity contribution in [1.82, 2.24) is 14.6 Å². The molecule has 1 aromatic heterocycles. The Hall–Kier alpha value is -2.19. The standard InChI is InChI=1S/C23H31N3O4S/c1-15-7-3-4-9-20(15)25-23(28)19-14-22(27)24-21-11-10-17(13-18(19)21)31(29,30)26-12-6-5-8-16(26)2/h10-11,13-16,20H,3-9,12H2,1-2H3,(H,24,27)(H,25,28). The number of aromatic nitrogens is 1. The first-order valence-corrected chi connectivity index (χ1v) is 12.7. The lowest BCUT2D eigenvalue weighted by Crippen LogP contribution is -2.42. The molecule has 0 radical (unpaired) electrons. The Labute approximate surface area is 183 Å². The van der Waals surface area contributed by atoms with Gasteiger partial charge in [0.15, 0.2) is 0 Å². The molecule has 0 bridgehead atoms. The molecule has 4 rings (SSSR count). The van der Waals surface area contributed by atoms with Gasteiger partial charge in [0, 0.05) is 35.6 Å². The molecule has 0 spiro atoms. The van der Waals surface area contributed by atoms with E-state index >= 15 is 0 Å². The lowest BCUT2D eigenvalue weighted by Gasteiger charge is -2.32. The van der Waals surface area contributed by atoms with Crippen molar-refractivity contribution in [1.29, 1.82) is 0 Å². The summed E-state index contributed by atoms with van der Waals surface area (Å²) in [5.41, 5.74) is 0.301. The van der Waals surface area contributed by atoms with Crippen LogP contribution in [-0.2, 0) is 10.0 Å². The third-order valence-corrected chi connectivity index (χ3v) is 8.85. The maximum absolute atomic E-state index is 13.3. The van der Waals surface area contributed by atoms with Crippen LogP contribution in [0.15, 0.2) is 34.0 Å². The van der Waals surface area contributed by atoms with Crippen molar-refractivity contribution in [3.63, 3.8) is 0 Å². The van der Waals surface area contributed by atoms with Gasteiger partial charge in [-0.05, 0) is 56.7 Å². The maximum atomic E-state index is 13.3. The van der Waals surface area contributed by atoms with Crippen molar-refractivity contribution in [2.24, 2.45) is 5.92 Å². The SMILES string of the molecule is CC1CCCCC1NC(=O)c1cc(=O)[nH]c2ccc(S(=O)(=O)N3CCCCC3C)cc12. The molecular weight excluding hydrogens is 414 g/mol. The fourth-order valence-electron chi connectivity index (χ4n) is 4.92. The predicted octanol–water partition coefficient (Wildman–Crippen LogP) is 3.40. The number of nitrogens with zero attached hydrogens (tertiary/aromatic N) is 1. The Morgan fingerprint density at radius 3 is 2.55 bits per heavy atom. The summed E-state index contributed by atoms with van der Waals surface area (Å²) in [5, 5.41) is 3.53. The first-order chi connectivity index (χ1) is 14.8. The molecule has 3 unspecified atom stereocenters. The summed E-state index contributed by atoms with van der Waals surface area (Å²) >= 11 is 0. The van der Waals surface area contributed by atoms with Gasteiger partial charge in [0.05, 0.1) is 10.5 Å². The molecule has 2 aromatic rings. The molecule has 1 saturated carbocycles. The van der Waals surface area contributed by atoms with Crippen molar-refractivity contribution in [2.75, 3.05) is 6.54 Å². The van der Waals surface area contributed by atoms with E-state index in [1.54, 1.807) is 10.4 Å². The van der Waals surface area contributed by atoms with Gasteiger partial charge < -0.3 is 10.3 Å². The molecular formula is C23H31N3O4S. The number of carbonyl (C=O) groups excluding carboxylic acids is 1. The van der Waals surface area contributed by atoms with Gasteiger partial charge in [-0.2, -0.15) is 4.31 Å². The predicted molar refractivity (Wildman–Crippen MR) is 121 cm³/mol. The normalized spacial score (nSPS) is 25.4. The van der Waals surface area contributed by atoms with Crippen molar-refractivity contribution >= 4 is 26.8 Å². The molecule has 1 aromatic carbocycles. The van der Waals surface area contributed by atoms with Gasteiger partial charge in [0.2, 0.25) is 15.6 Å². The molecule has 168 valence electrons. The molecule has 1 saturated heterocycles. The summed E-state index contributed by atoms with van der Waals surface area (Å²) in [6.45, 7) is 4.56. The number of hydrogen-bond donors (Lipinski definition) is 2. The number of fused-ring (bicyclic) bond motifs is 1. The lowest BCUT2D eigenvalue weighted by molar-refractivity contribution is 0.0911. The fraction of sp³-hybridized carbons (Fsp3) is 0.565. The number of aromatic amines is 1. The second-order valence-corrected chi connectivity index (χ2v) is 10.9. The van der Waals surface area contributed by atoms with E-state index in [1.807, 2.05) is 6.92 Å². The molecule has 8 heteroatoms. The van der Waals surface area contributed by atoms with Gasteiger partial charge in [-0.3, -0.25) is 9.59 Å². The average molecular weight is 446 g/mol. The highest BCUT2D eigenvalue weighted by Crippen LogP contribution is 2.28. The zero-order chi connectivity index (χ0) is 22.2. The van der Waals surface area contributed by atoms with Gasteiger partial charge >= 0.3 is 0 Å². The molecule has 3 atom stereocenters. The highest BCUT2D eigenvalue weighted by atomic mass is 32.2. The number of pyridine rings is 1. The van der Waals surface area contributed by atoms with Crippen LogP contribution in [0, 0.1) is 5.92 Å². The number of carbonyl (C=O) groups is 1. The molecule has 1 aliphatic heterocycles. The van der Waals surface area contributed by atoms with Gasteiger partial charge in [0.25, 0.3) is 5.91 Å². The molecule has 1 amide bonds. The molecule has 2 fully saturated rings. The number of hydrogen-bond acceptors (Lipinski definition) is 4. The molecule has 2 heterocycles. The molecule has 31 heavy (non-hydrogen) atoms. The largest absolute Gasteiger partial charge is 0.349 e. The van der Waals surface area contributed by atoms with Crippen LogP contribution in [-0.4, -0.2) is 42.2 Å². The van der Waals surface area contributed by atoms with E-state index < -0.39 is 10.0 Å². The summed E-state index contributed by atoms with van der Waals surface area (Å²) in [6, 6.07) is 5.90. The molecule has 2 N–H and O–H groups in total. The Kier molecular flexibility index (Phi) is 6.21. The minimum atomic E-state index is -3.68. The Morgan fingerprint density at radius 2 is 1.81 bits per heavy atom. The highest BCUT2D eigenvalue weighted by molar-refractivity contribution is 7.89.